The summed E-state index contributed by atoms with van der Waals surface area (Å²) < 4.78 is 29.1. The van der Waals surface area contributed by atoms with Gasteiger partial charge in [-0.1, -0.05) is 6.92 Å². The lowest BCUT2D eigenvalue weighted by Gasteiger charge is -2.32. The van der Waals surface area contributed by atoms with Gasteiger partial charge in [0.2, 0.25) is 0 Å². The summed E-state index contributed by atoms with van der Waals surface area (Å²) in [7, 11) is -1.23. The summed E-state index contributed by atoms with van der Waals surface area (Å²) in [5.74, 6) is 0.609. The molecule has 0 bridgehead atoms. The van der Waals surface area contributed by atoms with Gasteiger partial charge in [0.1, 0.15) is 0 Å². The van der Waals surface area contributed by atoms with Crippen molar-refractivity contribution in [2.45, 2.75) is 38.6 Å². The first-order valence-electron chi connectivity index (χ1n) is 8.18. The number of piperidine rings is 1. The van der Waals surface area contributed by atoms with Crippen LogP contribution in [0.15, 0.2) is 0 Å². The Morgan fingerprint density at radius 1 is 1.10 bits per heavy atom. The second kappa shape index (κ2) is 7.87. The molecule has 7 heteroatoms. The minimum absolute atomic E-state index is 0.353. The number of hydrogen-bond acceptors (Lipinski definition) is 4. The van der Waals surface area contributed by atoms with E-state index in [0.717, 1.165) is 38.9 Å². The summed E-state index contributed by atoms with van der Waals surface area (Å²) in [6, 6.07) is 0.353. The van der Waals surface area contributed by atoms with Crippen LogP contribution in [-0.4, -0.2) is 70.0 Å². The van der Waals surface area contributed by atoms with Gasteiger partial charge in [-0.05, 0) is 58.3 Å². The number of nitrogens with one attached hydrogen (secondary N) is 2. The molecule has 2 heterocycles. The Bertz CT molecular complexity index is 407. The van der Waals surface area contributed by atoms with Crippen molar-refractivity contribution in [1.82, 2.24) is 19.2 Å². The van der Waals surface area contributed by atoms with Crippen LogP contribution in [0.1, 0.15) is 32.6 Å². The van der Waals surface area contributed by atoms with Crippen LogP contribution >= 0.6 is 0 Å². The molecule has 2 saturated heterocycles. The Morgan fingerprint density at radius 3 is 2.38 bits per heavy atom. The first-order chi connectivity index (χ1) is 10.0. The van der Waals surface area contributed by atoms with Crippen molar-refractivity contribution in [3.8, 4) is 0 Å². The fourth-order valence-corrected chi connectivity index (χ4v) is 4.51. The van der Waals surface area contributed by atoms with Crippen LogP contribution in [0.4, 0.5) is 0 Å². The molecule has 0 aliphatic carbocycles. The number of hydrogen-bond donors (Lipinski definition) is 2. The maximum atomic E-state index is 12.4. The fourth-order valence-electron chi connectivity index (χ4n) is 3.23. The summed E-state index contributed by atoms with van der Waals surface area (Å²) in [6.45, 7) is 6.99. The molecule has 6 nitrogen and oxygen atoms in total. The molecule has 0 amide bonds. The minimum Gasteiger partial charge on any atom is -0.317 e. The SMILES string of the molecule is CCNCC1CCN(S(=O)(=O)NCC2CCCN2C)CC1. The van der Waals surface area contributed by atoms with E-state index in [2.05, 4.69) is 28.9 Å². The first kappa shape index (κ1) is 17.1. The molecule has 21 heavy (non-hydrogen) atoms. The van der Waals surface area contributed by atoms with Crippen LogP contribution in [0.25, 0.3) is 0 Å². The zero-order valence-electron chi connectivity index (χ0n) is 13.3. The van der Waals surface area contributed by atoms with E-state index in [9.17, 15) is 8.42 Å². The van der Waals surface area contributed by atoms with Crippen molar-refractivity contribution >= 4 is 10.2 Å². The highest BCUT2D eigenvalue weighted by Gasteiger charge is 2.29. The van der Waals surface area contributed by atoms with Gasteiger partial charge in [-0.3, -0.25) is 0 Å². The summed E-state index contributed by atoms with van der Waals surface area (Å²) in [4.78, 5) is 2.24. The van der Waals surface area contributed by atoms with Gasteiger partial charge in [-0.15, -0.1) is 0 Å². The Kier molecular flexibility index (Phi) is 6.43. The first-order valence-corrected chi connectivity index (χ1v) is 9.62. The molecule has 2 aliphatic rings. The third kappa shape index (κ3) is 4.89. The lowest BCUT2D eigenvalue weighted by molar-refractivity contribution is 0.262. The molecule has 0 saturated carbocycles. The second-order valence-electron chi connectivity index (χ2n) is 6.28. The van der Waals surface area contributed by atoms with Gasteiger partial charge >= 0.3 is 0 Å². The molecule has 1 unspecified atom stereocenters. The van der Waals surface area contributed by atoms with Crippen LogP contribution in [0.5, 0.6) is 0 Å². The molecule has 2 aliphatic heterocycles. The summed E-state index contributed by atoms with van der Waals surface area (Å²) in [5, 5.41) is 3.35. The maximum Gasteiger partial charge on any atom is 0.279 e. The predicted octanol–water partition coefficient (Wildman–Crippen LogP) is 0.237. The van der Waals surface area contributed by atoms with Gasteiger partial charge in [0.05, 0.1) is 0 Å². The maximum absolute atomic E-state index is 12.4. The molecule has 2 fully saturated rings. The number of likely N-dealkylation sites (tertiary alicyclic amines) is 1. The third-order valence-electron chi connectivity index (χ3n) is 4.77. The van der Waals surface area contributed by atoms with E-state index in [4.69, 9.17) is 0 Å². The molecule has 1 atom stereocenters. The standard InChI is InChI=1S/C14H30N4O2S/c1-3-15-11-13-6-9-18(10-7-13)21(19,20)16-12-14-5-4-8-17(14)2/h13-16H,3-12H2,1-2H3. The van der Waals surface area contributed by atoms with Gasteiger partial charge in [-0.25, -0.2) is 4.72 Å². The summed E-state index contributed by atoms with van der Waals surface area (Å²) >= 11 is 0. The third-order valence-corrected chi connectivity index (χ3v) is 6.35. The van der Waals surface area contributed by atoms with E-state index < -0.39 is 10.2 Å². The van der Waals surface area contributed by atoms with Gasteiger partial charge in [0.25, 0.3) is 10.2 Å². The molecule has 0 aromatic carbocycles. The van der Waals surface area contributed by atoms with Gasteiger partial charge in [-0.2, -0.15) is 12.7 Å². The molecule has 0 spiro atoms. The molecule has 0 aromatic rings. The van der Waals surface area contributed by atoms with Crippen molar-refractivity contribution in [3.63, 3.8) is 0 Å². The zero-order chi connectivity index (χ0) is 15.3. The topological polar surface area (TPSA) is 64.7 Å². The molecule has 2 N–H and O–H groups in total. The molecule has 2 rings (SSSR count). The number of rotatable bonds is 7. The molecule has 0 aromatic heterocycles. The van der Waals surface area contributed by atoms with Crippen molar-refractivity contribution in [2.75, 3.05) is 46.3 Å². The van der Waals surface area contributed by atoms with Crippen molar-refractivity contribution < 1.29 is 8.42 Å². The van der Waals surface area contributed by atoms with Crippen molar-refractivity contribution in [3.05, 3.63) is 0 Å². The lowest BCUT2D eigenvalue weighted by Crippen LogP contribution is -2.48. The van der Waals surface area contributed by atoms with Crippen molar-refractivity contribution in [2.24, 2.45) is 5.92 Å². The van der Waals surface area contributed by atoms with Crippen LogP contribution in [-0.2, 0) is 10.2 Å². The average molecular weight is 318 g/mol. The average Bonchev–Trinajstić information content (AvgIpc) is 2.89. The highest BCUT2D eigenvalue weighted by Crippen LogP contribution is 2.19. The molecular weight excluding hydrogens is 288 g/mol. The Labute approximate surface area is 129 Å². The highest BCUT2D eigenvalue weighted by molar-refractivity contribution is 7.87. The van der Waals surface area contributed by atoms with Gasteiger partial charge in [0.15, 0.2) is 0 Å². The monoisotopic (exact) mass is 318 g/mol. The van der Waals surface area contributed by atoms with Gasteiger partial charge < -0.3 is 10.2 Å². The van der Waals surface area contributed by atoms with E-state index >= 15 is 0 Å². The summed E-state index contributed by atoms with van der Waals surface area (Å²) in [6.07, 6.45) is 4.16. The number of likely N-dealkylation sites (N-methyl/N-ethyl adjacent to an activating group) is 1. The zero-order valence-corrected chi connectivity index (χ0v) is 14.2. The van der Waals surface area contributed by atoms with E-state index in [0.29, 0.717) is 31.6 Å². The Balaban J connectivity index is 1.75. The van der Waals surface area contributed by atoms with E-state index in [-0.39, 0.29) is 0 Å². The second-order valence-corrected chi connectivity index (χ2v) is 8.04. The molecule has 0 radical (unpaired) electrons. The highest BCUT2D eigenvalue weighted by atomic mass is 32.2. The fraction of sp³-hybridized carbons (Fsp3) is 1.00. The summed E-state index contributed by atoms with van der Waals surface area (Å²) in [5.41, 5.74) is 0. The van der Waals surface area contributed by atoms with Crippen LogP contribution in [0, 0.1) is 5.92 Å². The minimum atomic E-state index is -3.30. The smallest absolute Gasteiger partial charge is 0.279 e. The van der Waals surface area contributed by atoms with E-state index in [1.807, 2.05) is 0 Å². The van der Waals surface area contributed by atoms with E-state index in [1.54, 1.807) is 4.31 Å². The van der Waals surface area contributed by atoms with Gasteiger partial charge in [0, 0.05) is 25.7 Å². The predicted molar refractivity (Wildman–Crippen MR) is 85.4 cm³/mol. The molecule has 124 valence electrons. The van der Waals surface area contributed by atoms with Crippen molar-refractivity contribution in [1.29, 1.82) is 0 Å². The van der Waals surface area contributed by atoms with Crippen LogP contribution < -0.4 is 10.0 Å². The van der Waals surface area contributed by atoms with Crippen LogP contribution in [0.3, 0.4) is 0 Å². The number of nitrogens with zero attached hydrogens (tertiary/aromatic N) is 2. The normalized spacial score (nSPS) is 26.5. The van der Waals surface area contributed by atoms with E-state index in [1.165, 1.54) is 6.42 Å². The van der Waals surface area contributed by atoms with Crippen LogP contribution in [0.2, 0.25) is 0 Å². The molecular formula is C14H30N4O2S. The largest absolute Gasteiger partial charge is 0.317 e. The Hall–Kier alpha value is -0.210. The Morgan fingerprint density at radius 2 is 1.81 bits per heavy atom. The quantitative estimate of drug-likeness (QED) is 0.706. The lowest BCUT2D eigenvalue weighted by atomic mass is 9.98.